The second kappa shape index (κ2) is 8.15. The molecule has 1 aliphatic rings. The van der Waals surface area contributed by atoms with Crippen molar-refractivity contribution >= 4 is 39.2 Å². The molecule has 0 aromatic carbocycles. The third kappa shape index (κ3) is 4.52. The van der Waals surface area contributed by atoms with Crippen molar-refractivity contribution in [3.63, 3.8) is 0 Å². The molecule has 0 unspecified atom stereocenters. The van der Waals surface area contributed by atoms with Crippen LogP contribution in [0, 0.1) is 0 Å². The van der Waals surface area contributed by atoms with Crippen LogP contribution in [-0.4, -0.2) is 53.2 Å². The minimum absolute atomic E-state index is 0.0423. The highest BCUT2D eigenvalue weighted by molar-refractivity contribution is 9.10. The van der Waals surface area contributed by atoms with E-state index in [9.17, 15) is 4.79 Å². The van der Waals surface area contributed by atoms with E-state index in [-0.39, 0.29) is 17.1 Å². The lowest BCUT2D eigenvalue weighted by Crippen LogP contribution is -2.53. The molecule has 1 aliphatic heterocycles. The van der Waals surface area contributed by atoms with Crippen LogP contribution in [0.3, 0.4) is 0 Å². The lowest BCUT2D eigenvalue weighted by atomic mass is 9.89. The van der Waals surface area contributed by atoms with Crippen molar-refractivity contribution in [2.75, 3.05) is 42.8 Å². The van der Waals surface area contributed by atoms with Crippen molar-refractivity contribution in [3.05, 3.63) is 34.8 Å². The number of hydrogen-bond donors (Lipinski definition) is 3. The van der Waals surface area contributed by atoms with Gasteiger partial charge in [0, 0.05) is 31.9 Å². The Morgan fingerprint density at radius 2 is 2.15 bits per heavy atom. The summed E-state index contributed by atoms with van der Waals surface area (Å²) in [5.41, 5.74) is 12.7. The standard InChI is InChI=1S/C17H22BrN7O2/c1-27-10-17(20)4-7-25(8-5-17)11-3-2-6-21-15(11)24-16(26)13-14(19)22-9-12(18)23-13/h2-3,6,9H,4-5,7-8,10,20H2,1H3,(H2,19,22)(H,21,24,26). The van der Waals surface area contributed by atoms with Crippen LogP contribution in [0.5, 0.6) is 0 Å². The Kier molecular flexibility index (Phi) is 5.88. The van der Waals surface area contributed by atoms with Gasteiger partial charge in [0.25, 0.3) is 5.91 Å². The average molecular weight is 436 g/mol. The van der Waals surface area contributed by atoms with Crippen molar-refractivity contribution in [2.45, 2.75) is 18.4 Å². The molecule has 1 amide bonds. The maximum absolute atomic E-state index is 12.6. The summed E-state index contributed by atoms with van der Waals surface area (Å²) in [5.74, 6) is 0.0318. The zero-order valence-electron chi connectivity index (χ0n) is 15.0. The van der Waals surface area contributed by atoms with Gasteiger partial charge in [0.2, 0.25) is 0 Å². The number of nitrogens with two attached hydrogens (primary N) is 2. The fourth-order valence-electron chi connectivity index (χ4n) is 3.08. The predicted molar refractivity (Wildman–Crippen MR) is 107 cm³/mol. The van der Waals surface area contributed by atoms with Crippen molar-refractivity contribution < 1.29 is 9.53 Å². The number of ether oxygens (including phenoxy) is 1. The van der Waals surface area contributed by atoms with Crippen LogP contribution >= 0.6 is 15.9 Å². The second-order valence-electron chi connectivity index (χ2n) is 6.53. The molecule has 0 spiro atoms. The monoisotopic (exact) mass is 435 g/mol. The van der Waals surface area contributed by atoms with Crippen molar-refractivity contribution in [1.82, 2.24) is 15.0 Å². The van der Waals surface area contributed by atoms with Crippen LogP contribution < -0.4 is 21.7 Å². The summed E-state index contributed by atoms with van der Waals surface area (Å²) in [6.45, 7) is 2.01. The van der Waals surface area contributed by atoms with Crippen molar-refractivity contribution in [3.8, 4) is 0 Å². The third-order valence-electron chi connectivity index (χ3n) is 4.54. The third-order valence-corrected chi connectivity index (χ3v) is 4.92. The highest BCUT2D eigenvalue weighted by Crippen LogP contribution is 2.29. The summed E-state index contributed by atoms with van der Waals surface area (Å²) in [5, 5.41) is 2.79. The van der Waals surface area contributed by atoms with E-state index in [1.165, 1.54) is 6.20 Å². The number of piperidine rings is 1. The number of amides is 1. The summed E-state index contributed by atoms with van der Waals surface area (Å²) >= 11 is 3.20. The Morgan fingerprint density at radius 1 is 1.41 bits per heavy atom. The summed E-state index contributed by atoms with van der Waals surface area (Å²) < 4.78 is 5.66. The molecule has 0 atom stereocenters. The number of carbonyl (C=O) groups excluding carboxylic acids is 1. The molecule has 0 radical (unpaired) electrons. The zero-order chi connectivity index (χ0) is 19.4. The predicted octanol–water partition coefficient (Wildman–Crippen LogP) is 1.41. The molecule has 0 aliphatic carbocycles. The maximum atomic E-state index is 12.6. The lowest BCUT2D eigenvalue weighted by Gasteiger charge is -2.40. The molecule has 1 saturated heterocycles. The van der Waals surface area contributed by atoms with E-state index in [1.54, 1.807) is 13.3 Å². The molecule has 1 fully saturated rings. The Hall–Kier alpha value is -2.30. The molecule has 3 heterocycles. The molecule has 10 heteroatoms. The molecule has 3 rings (SSSR count). The average Bonchev–Trinajstić information content (AvgIpc) is 2.65. The van der Waals surface area contributed by atoms with E-state index in [0.29, 0.717) is 17.0 Å². The number of anilines is 3. The molecule has 9 nitrogen and oxygen atoms in total. The van der Waals surface area contributed by atoms with Gasteiger partial charge < -0.3 is 26.4 Å². The van der Waals surface area contributed by atoms with Gasteiger partial charge in [-0.2, -0.15) is 0 Å². The molecular formula is C17H22BrN7O2. The van der Waals surface area contributed by atoms with Gasteiger partial charge in [-0.3, -0.25) is 4.79 Å². The van der Waals surface area contributed by atoms with Gasteiger partial charge in [0.15, 0.2) is 17.3 Å². The largest absolute Gasteiger partial charge is 0.383 e. The molecule has 5 N–H and O–H groups in total. The van der Waals surface area contributed by atoms with Crippen LogP contribution in [0.25, 0.3) is 0 Å². The minimum Gasteiger partial charge on any atom is -0.383 e. The molecule has 2 aromatic heterocycles. The number of nitrogen functional groups attached to an aromatic ring is 1. The summed E-state index contributed by atoms with van der Waals surface area (Å²) in [6, 6.07) is 3.75. The van der Waals surface area contributed by atoms with E-state index in [0.717, 1.165) is 31.6 Å². The quantitative estimate of drug-likeness (QED) is 0.641. The highest BCUT2D eigenvalue weighted by atomic mass is 79.9. The number of hydrogen-bond acceptors (Lipinski definition) is 8. The number of pyridine rings is 1. The van der Waals surface area contributed by atoms with Crippen molar-refractivity contribution in [1.29, 1.82) is 0 Å². The fraction of sp³-hybridized carbons (Fsp3) is 0.412. The second-order valence-corrected chi connectivity index (χ2v) is 7.35. The minimum atomic E-state index is -0.467. The van der Waals surface area contributed by atoms with Gasteiger partial charge in [0.1, 0.15) is 4.60 Å². The first kappa shape index (κ1) is 19.5. The fourth-order valence-corrected chi connectivity index (χ4v) is 3.36. The van der Waals surface area contributed by atoms with Crippen LogP contribution in [0.4, 0.5) is 17.3 Å². The van der Waals surface area contributed by atoms with Gasteiger partial charge in [0.05, 0.1) is 18.5 Å². The zero-order valence-corrected chi connectivity index (χ0v) is 16.6. The van der Waals surface area contributed by atoms with E-state index in [1.807, 2.05) is 12.1 Å². The molecule has 0 bridgehead atoms. The van der Waals surface area contributed by atoms with Gasteiger partial charge in [-0.1, -0.05) is 0 Å². The molecule has 2 aromatic rings. The van der Waals surface area contributed by atoms with Crippen molar-refractivity contribution in [2.24, 2.45) is 5.73 Å². The van der Waals surface area contributed by atoms with E-state index >= 15 is 0 Å². The maximum Gasteiger partial charge on any atom is 0.279 e. The van der Waals surface area contributed by atoms with E-state index < -0.39 is 5.91 Å². The SMILES string of the molecule is COCC1(N)CCN(c2cccnc2NC(=O)c2nc(Br)cnc2N)CC1. The Bertz CT molecular complexity index is 825. The van der Waals surface area contributed by atoms with Crippen LogP contribution in [0.2, 0.25) is 0 Å². The van der Waals surface area contributed by atoms with Crippen LogP contribution in [-0.2, 0) is 4.74 Å². The van der Waals surface area contributed by atoms with Gasteiger partial charge in [-0.15, -0.1) is 0 Å². The van der Waals surface area contributed by atoms with E-state index in [2.05, 4.69) is 41.1 Å². The summed E-state index contributed by atoms with van der Waals surface area (Å²) in [4.78, 5) is 27.1. The summed E-state index contributed by atoms with van der Waals surface area (Å²) in [7, 11) is 1.66. The number of nitrogens with zero attached hydrogens (tertiary/aromatic N) is 4. The number of methoxy groups -OCH3 is 1. The topological polar surface area (TPSA) is 132 Å². The number of rotatable bonds is 5. The smallest absolute Gasteiger partial charge is 0.279 e. The van der Waals surface area contributed by atoms with Crippen LogP contribution in [0.15, 0.2) is 29.1 Å². The molecular weight excluding hydrogens is 414 g/mol. The molecule has 27 heavy (non-hydrogen) atoms. The molecule has 0 saturated carbocycles. The normalized spacial score (nSPS) is 16.2. The summed E-state index contributed by atoms with van der Waals surface area (Å²) in [6.07, 6.45) is 4.63. The molecule has 144 valence electrons. The number of nitrogens with one attached hydrogen (secondary N) is 1. The van der Waals surface area contributed by atoms with Crippen LogP contribution in [0.1, 0.15) is 23.3 Å². The number of aromatic nitrogens is 3. The van der Waals surface area contributed by atoms with Gasteiger partial charge in [-0.05, 0) is 40.9 Å². The highest BCUT2D eigenvalue weighted by Gasteiger charge is 2.31. The Morgan fingerprint density at radius 3 is 2.85 bits per heavy atom. The first-order valence-electron chi connectivity index (χ1n) is 8.49. The van der Waals surface area contributed by atoms with Gasteiger partial charge >= 0.3 is 0 Å². The number of halogens is 1. The Labute approximate surface area is 165 Å². The Balaban J connectivity index is 1.77. The first-order valence-corrected chi connectivity index (χ1v) is 9.28. The first-order chi connectivity index (χ1) is 12.9. The van der Waals surface area contributed by atoms with Gasteiger partial charge in [-0.25, -0.2) is 15.0 Å². The lowest BCUT2D eigenvalue weighted by molar-refractivity contribution is 0.102. The number of carbonyl (C=O) groups is 1. The van der Waals surface area contributed by atoms with E-state index in [4.69, 9.17) is 16.2 Å².